The number of carbonyl (C=O) groups is 2. The van der Waals surface area contributed by atoms with Gasteiger partial charge in [0.2, 0.25) is 0 Å². The van der Waals surface area contributed by atoms with Gasteiger partial charge in [0.25, 0.3) is 5.91 Å². The molecule has 0 saturated carbocycles. The van der Waals surface area contributed by atoms with E-state index in [9.17, 15) is 19.8 Å². The van der Waals surface area contributed by atoms with Crippen LogP contribution in [-0.2, 0) is 4.79 Å². The van der Waals surface area contributed by atoms with Gasteiger partial charge in [-0.2, -0.15) is 0 Å². The molecule has 0 bridgehead atoms. The first-order valence-corrected chi connectivity index (χ1v) is 9.64. The van der Waals surface area contributed by atoms with Crippen LogP contribution in [-0.4, -0.2) is 54.4 Å². The molecule has 1 aliphatic heterocycles. The Kier molecular flexibility index (Phi) is 6.05. The molecule has 2 atom stereocenters. The third kappa shape index (κ3) is 3.60. The van der Waals surface area contributed by atoms with Crippen LogP contribution >= 0.6 is 0 Å². The van der Waals surface area contributed by atoms with Gasteiger partial charge in [-0.05, 0) is 49.2 Å². The largest absolute Gasteiger partial charge is 0.504 e. The van der Waals surface area contributed by atoms with Gasteiger partial charge >= 0.3 is 5.97 Å². The topological polar surface area (TPSA) is 106 Å². The van der Waals surface area contributed by atoms with Crippen molar-refractivity contribution < 1.29 is 34.0 Å². The number of amides is 1. The molecule has 0 unspecified atom stereocenters. The van der Waals surface area contributed by atoms with Crippen molar-refractivity contribution in [3.63, 3.8) is 0 Å². The Morgan fingerprint density at radius 3 is 2.23 bits per heavy atom. The maximum absolute atomic E-state index is 13.2. The number of aliphatic carboxylic acids is 1. The SMILES string of the molecule is CCOc1cc2c(cc1OCC)[C@@H](C(=O)O)[C@H](c1ccc(OC)c(O)c1)N(C)C2=O. The molecule has 160 valence electrons. The van der Waals surface area contributed by atoms with Crippen LogP contribution in [0.15, 0.2) is 30.3 Å². The number of hydrogen-bond donors (Lipinski definition) is 2. The van der Waals surface area contributed by atoms with E-state index in [2.05, 4.69) is 0 Å². The van der Waals surface area contributed by atoms with Gasteiger partial charge in [-0.25, -0.2) is 0 Å². The normalized spacial score (nSPS) is 18.0. The van der Waals surface area contributed by atoms with Crippen molar-refractivity contribution in [3.8, 4) is 23.0 Å². The van der Waals surface area contributed by atoms with Crippen molar-refractivity contribution in [2.24, 2.45) is 0 Å². The van der Waals surface area contributed by atoms with E-state index in [1.165, 1.54) is 18.1 Å². The van der Waals surface area contributed by atoms with Crippen molar-refractivity contribution in [3.05, 3.63) is 47.0 Å². The Bertz CT molecular complexity index is 972. The first-order chi connectivity index (χ1) is 14.3. The number of carboxylic acids is 1. The van der Waals surface area contributed by atoms with Gasteiger partial charge in [0.05, 0.1) is 26.4 Å². The number of fused-ring (bicyclic) bond motifs is 1. The summed E-state index contributed by atoms with van der Waals surface area (Å²) in [4.78, 5) is 26.9. The van der Waals surface area contributed by atoms with Crippen molar-refractivity contribution in [2.45, 2.75) is 25.8 Å². The fourth-order valence-electron chi connectivity index (χ4n) is 3.84. The number of phenolic OH excluding ortho intramolecular Hbond substituents is 1. The minimum Gasteiger partial charge on any atom is -0.504 e. The fraction of sp³-hybridized carbons (Fsp3) is 0.364. The highest BCUT2D eigenvalue weighted by Crippen LogP contribution is 2.46. The second kappa shape index (κ2) is 8.52. The molecule has 2 aromatic rings. The molecule has 30 heavy (non-hydrogen) atoms. The molecule has 2 aromatic carbocycles. The van der Waals surface area contributed by atoms with Gasteiger partial charge in [0.1, 0.15) is 5.92 Å². The summed E-state index contributed by atoms with van der Waals surface area (Å²) in [7, 11) is 2.97. The third-order valence-corrected chi connectivity index (χ3v) is 5.14. The van der Waals surface area contributed by atoms with E-state index >= 15 is 0 Å². The number of carbonyl (C=O) groups excluding carboxylic acids is 1. The van der Waals surface area contributed by atoms with Gasteiger partial charge in [0, 0.05) is 12.6 Å². The Labute approximate surface area is 174 Å². The Balaban J connectivity index is 2.20. The van der Waals surface area contributed by atoms with Crippen LogP contribution in [0.25, 0.3) is 0 Å². The van der Waals surface area contributed by atoms with Crippen LogP contribution in [0.1, 0.15) is 47.3 Å². The molecule has 0 fully saturated rings. The van der Waals surface area contributed by atoms with Crippen LogP contribution < -0.4 is 14.2 Å². The molecule has 2 N–H and O–H groups in total. The van der Waals surface area contributed by atoms with E-state index < -0.39 is 17.9 Å². The molecule has 1 aliphatic rings. The molecule has 8 heteroatoms. The highest BCUT2D eigenvalue weighted by molar-refractivity contribution is 6.01. The Morgan fingerprint density at radius 1 is 1.07 bits per heavy atom. The minimum atomic E-state index is -1.09. The van der Waals surface area contributed by atoms with Crippen molar-refractivity contribution in [2.75, 3.05) is 27.4 Å². The summed E-state index contributed by atoms with van der Waals surface area (Å²) < 4.78 is 16.3. The van der Waals surface area contributed by atoms with Crippen LogP contribution in [0.3, 0.4) is 0 Å². The van der Waals surface area contributed by atoms with E-state index in [4.69, 9.17) is 14.2 Å². The number of rotatable bonds is 7. The van der Waals surface area contributed by atoms with E-state index in [-0.39, 0.29) is 23.0 Å². The molecule has 1 heterocycles. The fourth-order valence-corrected chi connectivity index (χ4v) is 3.84. The Morgan fingerprint density at radius 2 is 1.70 bits per heavy atom. The highest BCUT2D eigenvalue weighted by Gasteiger charge is 2.44. The zero-order chi connectivity index (χ0) is 22.0. The maximum atomic E-state index is 13.2. The van der Waals surface area contributed by atoms with Crippen LogP contribution in [0.5, 0.6) is 23.0 Å². The molecule has 0 radical (unpaired) electrons. The predicted octanol–water partition coefficient (Wildman–Crippen LogP) is 3.19. The van der Waals surface area contributed by atoms with Crippen molar-refractivity contribution in [1.82, 2.24) is 4.90 Å². The number of nitrogens with zero attached hydrogens (tertiary/aromatic N) is 1. The molecule has 8 nitrogen and oxygen atoms in total. The summed E-state index contributed by atoms with van der Waals surface area (Å²) in [6, 6.07) is 6.90. The van der Waals surface area contributed by atoms with E-state index in [1.807, 2.05) is 13.8 Å². The summed E-state index contributed by atoms with van der Waals surface area (Å²) >= 11 is 0. The number of aromatic hydroxyl groups is 1. The number of hydrogen-bond acceptors (Lipinski definition) is 6. The third-order valence-electron chi connectivity index (χ3n) is 5.14. The van der Waals surface area contributed by atoms with Crippen LogP contribution in [0, 0.1) is 0 Å². The predicted molar refractivity (Wildman–Crippen MR) is 109 cm³/mol. The smallest absolute Gasteiger partial charge is 0.313 e. The lowest BCUT2D eigenvalue weighted by molar-refractivity contribution is -0.140. The molecule has 1 amide bonds. The summed E-state index contributed by atoms with van der Waals surface area (Å²) in [6.07, 6.45) is 0. The molecular formula is C22H25NO7. The van der Waals surface area contributed by atoms with Gasteiger partial charge < -0.3 is 29.3 Å². The molecule has 0 spiro atoms. The second-order valence-corrected chi connectivity index (χ2v) is 6.86. The number of methoxy groups -OCH3 is 1. The lowest BCUT2D eigenvalue weighted by Crippen LogP contribution is -2.42. The van der Waals surface area contributed by atoms with E-state index in [0.717, 1.165) is 0 Å². The minimum absolute atomic E-state index is 0.132. The van der Waals surface area contributed by atoms with Gasteiger partial charge in [-0.1, -0.05) is 6.07 Å². The second-order valence-electron chi connectivity index (χ2n) is 6.86. The number of benzene rings is 2. The lowest BCUT2D eigenvalue weighted by atomic mass is 9.79. The quantitative estimate of drug-likeness (QED) is 0.715. The number of likely N-dealkylation sites (N-methyl/N-ethyl adjacent to an activating group) is 1. The maximum Gasteiger partial charge on any atom is 0.313 e. The molecule has 0 aromatic heterocycles. The molecule has 3 rings (SSSR count). The van der Waals surface area contributed by atoms with Crippen molar-refractivity contribution >= 4 is 11.9 Å². The first kappa shape index (κ1) is 21.3. The summed E-state index contributed by atoms with van der Waals surface area (Å²) in [6.45, 7) is 4.36. The van der Waals surface area contributed by atoms with Crippen LogP contribution in [0.2, 0.25) is 0 Å². The zero-order valence-corrected chi connectivity index (χ0v) is 17.3. The van der Waals surface area contributed by atoms with Crippen molar-refractivity contribution in [1.29, 1.82) is 0 Å². The number of ether oxygens (including phenoxy) is 3. The summed E-state index contributed by atoms with van der Waals surface area (Å²) in [5.41, 5.74) is 1.08. The van der Waals surface area contributed by atoms with Gasteiger partial charge in [-0.15, -0.1) is 0 Å². The van der Waals surface area contributed by atoms with Gasteiger partial charge in [0.15, 0.2) is 23.0 Å². The number of phenols is 1. The zero-order valence-electron chi connectivity index (χ0n) is 17.3. The Hall–Kier alpha value is -3.42. The standard InChI is InChI=1S/C22H25NO7/c1-5-29-17-10-13-14(11-18(17)30-6-2)21(25)23(3)20(19(13)22(26)27)12-7-8-16(28-4)15(24)9-12/h7-11,19-20,24H,5-6H2,1-4H3,(H,26,27)/t19-,20+/m1/s1. The van der Waals surface area contributed by atoms with E-state index in [1.54, 1.807) is 31.3 Å². The van der Waals surface area contributed by atoms with E-state index in [0.29, 0.717) is 35.8 Å². The molecule has 0 aliphatic carbocycles. The number of carboxylic acid groups (broad SMARTS) is 1. The highest BCUT2D eigenvalue weighted by atomic mass is 16.5. The first-order valence-electron chi connectivity index (χ1n) is 9.64. The summed E-state index contributed by atoms with van der Waals surface area (Å²) in [5, 5.41) is 20.3. The lowest BCUT2D eigenvalue weighted by Gasteiger charge is -2.39. The average molecular weight is 415 g/mol. The monoisotopic (exact) mass is 415 g/mol. The van der Waals surface area contributed by atoms with Gasteiger partial charge in [-0.3, -0.25) is 9.59 Å². The van der Waals surface area contributed by atoms with Crippen LogP contribution in [0.4, 0.5) is 0 Å². The average Bonchev–Trinajstić information content (AvgIpc) is 2.71. The molecular weight excluding hydrogens is 390 g/mol. The molecule has 0 saturated heterocycles. The summed E-state index contributed by atoms with van der Waals surface area (Å²) in [5.74, 6) is -1.59.